The number of nitrogens with two attached hydrogens (primary N) is 1. The number of hydrogen-bond donors (Lipinski definition) is 3. The minimum absolute atomic E-state index is 0.00590. The van der Waals surface area contributed by atoms with Crippen molar-refractivity contribution in [3.8, 4) is 5.75 Å². The van der Waals surface area contributed by atoms with E-state index in [9.17, 15) is 19.3 Å². The van der Waals surface area contributed by atoms with E-state index in [2.05, 4.69) is 10.1 Å². The Bertz CT molecular complexity index is 1190. The van der Waals surface area contributed by atoms with Crippen molar-refractivity contribution in [1.82, 2.24) is 14.6 Å². The van der Waals surface area contributed by atoms with Crippen molar-refractivity contribution < 1.29 is 32.6 Å². The van der Waals surface area contributed by atoms with Gasteiger partial charge < -0.3 is 20.1 Å². The summed E-state index contributed by atoms with van der Waals surface area (Å²) in [4.78, 5) is 28.4. The molecule has 0 saturated carbocycles. The van der Waals surface area contributed by atoms with Gasteiger partial charge in [0.1, 0.15) is 29.2 Å². The molecule has 0 aliphatic carbocycles. The quantitative estimate of drug-likeness (QED) is 0.206. The van der Waals surface area contributed by atoms with Crippen molar-refractivity contribution >= 4 is 31.3 Å². The molecule has 2 rings (SSSR count). The number of thioether (sulfide) groups is 1. The molecule has 1 heterocycles. The third-order valence-electron chi connectivity index (χ3n) is 6.23. The van der Waals surface area contributed by atoms with Gasteiger partial charge in [0.15, 0.2) is 0 Å². The predicted molar refractivity (Wildman–Crippen MR) is 149 cm³/mol. The number of esters is 1. The number of para-hydroxylation sites is 1. The van der Waals surface area contributed by atoms with Gasteiger partial charge in [0.05, 0.1) is 19.3 Å². The van der Waals surface area contributed by atoms with Gasteiger partial charge in [-0.1, -0.05) is 32.0 Å². The van der Waals surface area contributed by atoms with Crippen LogP contribution < -0.4 is 21.0 Å². The molecule has 3 unspecified atom stereocenters. The first-order chi connectivity index (χ1) is 18.3. The molecule has 0 spiro atoms. The fraction of sp³-hybridized carbons (Fsp3) is 0.560. The lowest BCUT2D eigenvalue weighted by atomic mass is 9.75. The van der Waals surface area contributed by atoms with Gasteiger partial charge >= 0.3 is 19.4 Å². The number of nitrogens with one attached hydrogen (secondary N) is 1. The highest BCUT2D eigenvalue weighted by Crippen LogP contribution is 2.48. The highest BCUT2D eigenvalue weighted by Gasteiger charge is 2.46. The van der Waals surface area contributed by atoms with Crippen molar-refractivity contribution in [3.05, 3.63) is 53.1 Å². The van der Waals surface area contributed by atoms with E-state index in [1.807, 2.05) is 0 Å². The Balaban J connectivity index is 2.29. The number of benzene rings is 1. The molecule has 4 N–H and O–H groups in total. The molecular formula is C25H38FN4O7PS. The van der Waals surface area contributed by atoms with Crippen LogP contribution in [0.3, 0.4) is 0 Å². The number of hydrogen-bond acceptors (Lipinski definition) is 10. The minimum Gasteiger partial charge on any atom is -0.462 e. The third-order valence-corrected chi connectivity index (χ3v) is 8.83. The van der Waals surface area contributed by atoms with Crippen LogP contribution in [-0.4, -0.2) is 58.4 Å². The summed E-state index contributed by atoms with van der Waals surface area (Å²) in [6.07, 6.45) is 0.821. The van der Waals surface area contributed by atoms with E-state index in [0.29, 0.717) is 0 Å². The summed E-state index contributed by atoms with van der Waals surface area (Å²) in [5.74, 6) is -1.17. The highest BCUT2D eigenvalue weighted by atomic mass is 32.2. The zero-order valence-electron chi connectivity index (χ0n) is 22.9. The fourth-order valence-corrected chi connectivity index (χ4v) is 6.09. The molecule has 0 radical (unpaired) electrons. The maximum Gasteiger partial charge on any atom is 0.459 e. The van der Waals surface area contributed by atoms with Crippen LogP contribution in [0.1, 0.15) is 40.0 Å². The molecule has 1 aromatic heterocycles. The number of alkyl halides is 1. The number of aliphatic hydroxyl groups is 1. The number of aromatic nitrogens is 2. The van der Waals surface area contributed by atoms with E-state index in [0.717, 1.165) is 16.3 Å². The van der Waals surface area contributed by atoms with Crippen LogP contribution in [0.15, 0.2) is 47.4 Å². The molecule has 0 aliphatic rings. The van der Waals surface area contributed by atoms with Crippen LogP contribution in [0.25, 0.3) is 0 Å². The van der Waals surface area contributed by atoms with Crippen LogP contribution in [0.5, 0.6) is 5.75 Å². The number of aliphatic hydroxyl groups excluding tert-OH is 1. The second-order valence-corrected chi connectivity index (χ2v) is 12.3. The highest BCUT2D eigenvalue weighted by molar-refractivity contribution is 7.98. The number of carbonyl (C=O) groups is 1. The van der Waals surface area contributed by atoms with Gasteiger partial charge in [-0.25, -0.2) is 13.8 Å². The topological polar surface area (TPSA) is 155 Å². The molecule has 11 nitrogen and oxygen atoms in total. The maximum absolute atomic E-state index is 16.1. The lowest BCUT2D eigenvalue weighted by Crippen LogP contribution is -2.46. The van der Waals surface area contributed by atoms with Gasteiger partial charge in [0.2, 0.25) is 0 Å². The number of halogens is 1. The number of nitrogens with zero attached hydrogens (tertiary/aromatic N) is 2. The number of anilines is 1. The molecule has 39 heavy (non-hydrogen) atoms. The summed E-state index contributed by atoms with van der Waals surface area (Å²) in [5, 5.41) is 11.8. The van der Waals surface area contributed by atoms with Crippen molar-refractivity contribution in [2.24, 2.45) is 11.3 Å². The Morgan fingerprint density at radius 2 is 1.90 bits per heavy atom. The minimum atomic E-state index is -4.20. The van der Waals surface area contributed by atoms with Gasteiger partial charge in [-0.15, -0.1) is 11.8 Å². The van der Waals surface area contributed by atoms with Crippen LogP contribution in [0, 0.1) is 11.3 Å². The molecule has 0 amide bonds. The van der Waals surface area contributed by atoms with Gasteiger partial charge in [0.25, 0.3) is 0 Å². The Labute approximate surface area is 232 Å². The number of rotatable bonds is 15. The molecule has 218 valence electrons. The van der Waals surface area contributed by atoms with E-state index < -0.39 is 61.0 Å². The molecule has 0 bridgehead atoms. The number of carbonyl (C=O) groups excluding carboxylic acids is 1. The van der Waals surface area contributed by atoms with Crippen LogP contribution in [0.2, 0.25) is 0 Å². The van der Waals surface area contributed by atoms with Crippen LogP contribution >= 0.6 is 19.5 Å². The Morgan fingerprint density at radius 3 is 2.44 bits per heavy atom. The first-order valence-electron chi connectivity index (χ1n) is 12.4. The molecule has 14 heteroatoms. The third kappa shape index (κ3) is 8.77. The lowest BCUT2D eigenvalue weighted by Gasteiger charge is -2.40. The zero-order chi connectivity index (χ0) is 29.4. The fourth-order valence-electron chi connectivity index (χ4n) is 3.57. The van der Waals surface area contributed by atoms with Crippen molar-refractivity contribution in [2.75, 3.05) is 25.2 Å². The summed E-state index contributed by atoms with van der Waals surface area (Å²) < 4.78 is 47.5. The largest absolute Gasteiger partial charge is 0.462 e. The maximum atomic E-state index is 16.1. The van der Waals surface area contributed by atoms with Gasteiger partial charge in [0, 0.05) is 11.6 Å². The second-order valence-electron chi connectivity index (χ2n) is 9.67. The zero-order valence-corrected chi connectivity index (χ0v) is 24.7. The van der Waals surface area contributed by atoms with E-state index in [4.69, 9.17) is 19.5 Å². The van der Waals surface area contributed by atoms with Gasteiger partial charge in [-0.05, 0) is 51.1 Å². The molecule has 2 aromatic rings. The van der Waals surface area contributed by atoms with Crippen molar-refractivity contribution in [2.45, 2.75) is 58.3 Å². The lowest BCUT2D eigenvalue weighted by molar-refractivity contribution is -0.149. The smallest absolute Gasteiger partial charge is 0.459 e. The van der Waals surface area contributed by atoms with E-state index in [-0.39, 0.29) is 18.2 Å². The van der Waals surface area contributed by atoms with Gasteiger partial charge in [-0.2, -0.15) is 10.1 Å². The normalized spacial score (nSPS) is 17.9. The average molecular weight is 589 g/mol. The summed E-state index contributed by atoms with van der Waals surface area (Å²) in [5.41, 5.74) is 3.38. The predicted octanol–water partition coefficient (Wildman–Crippen LogP) is 3.79. The standard InChI is InChI=1S/C25H38FN4O7PS/c1-16(2)36-23(32)18(4)29-38(34,37-19-10-8-7-9-11-19)35-14-17(3)25(5,15-31)21(26)22(39-6)30-13-12-20(27)28-24(30)33/h7-13,16-18,21-22,31H,14-15H2,1-6H3,(H,29,34)(H2,27,28,33)/t17-,18+,21+,22?,25?,38?/m1/s1. The van der Waals surface area contributed by atoms with Crippen LogP contribution in [0.4, 0.5) is 10.2 Å². The summed E-state index contributed by atoms with van der Waals surface area (Å²) in [7, 11) is -4.20. The van der Waals surface area contributed by atoms with Crippen molar-refractivity contribution in [1.29, 1.82) is 0 Å². The number of nitrogen functional groups attached to an aromatic ring is 1. The number of ether oxygens (including phenoxy) is 1. The molecule has 0 aliphatic heterocycles. The monoisotopic (exact) mass is 588 g/mol. The average Bonchev–Trinajstić information content (AvgIpc) is 2.88. The molecule has 6 atom stereocenters. The molecular weight excluding hydrogens is 550 g/mol. The first kappa shape index (κ1) is 32.8. The van der Waals surface area contributed by atoms with E-state index in [1.165, 1.54) is 26.1 Å². The summed E-state index contributed by atoms with van der Waals surface area (Å²) in [6.45, 7) is 7.01. The van der Waals surface area contributed by atoms with E-state index in [1.54, 1.807) is 57.4 Å². The van der Waals surface area contributed by atoms with E-state index >= 15 is 4.39 Å². The molecule has 1 aromatic carbocycles. The molecule has 0 fully saturated rings. The Kier molecular flexibility index (Phi) is 12.0. The Hall–Kier alpha value is -2.44. The first-order valence-corrected chi connectivity index (χ1v) is 15.2. The SMILES string of the molecule is CSC([C@H](F)C(C)(CO)[C@H](C)COP(=O)(N[C@@H](C)C(=O)OC(C)C)Oc1ccccc1)n1ccc(N)nc1=O. The van der Waals surface area contributed by atoms with Crippen LogP contribution in [-0.2, 0) is 18.6 Å². The summed E-state index contributed by atoms with van der Waals surface area (Å²) in [6, 6.07) is 8.55. The second kappa shape index (κ2) is 14.3. The molecule has 0 saturated heterocycles. The van der Waals surface area contributed by atoms with Gasteiger partial charge in [-0.3, -0.25) is 13.9 Å². The summed E-state index contributed by atoms with van der Waals surface area (Å²) >= 11 is 1.06. The Morgan fingerprint density at radius 1 is 1.26 bits per heavy atom. The van der Waals surface area contributed by atoms with Crippen molar-refractivity contribution in [3.63, 3.8) is 0 Å².